The average Bonchev–Trinajstić information content (AvgIpc) is 3.17. The van der Waals surface area contributed by atoms with E-state index < -0.39 is 0 Å². The lowest BCUT2D eigenvalue weighted by molar-refractivity contribution is 0.0928. The molecule has 2 aromatic carbocycles. The number of H-pyrrole nitrogens is 1. The first-order valence-corrected chi connectivity index (χ1v) is 8.05. The van der Waals surface area contributed by atoms with E-state index in [9.17, 15) is 4.79 Å². The zero-order chi connectivity index (χ0) is 16.5. The molecular weight excluding hydrogens is 300 g/mol. The molecule has 4 aromatic rings. The van der Waals surface area contributed by atoms with Crippen LogP contribution in [-0.4, -0.2) is 17.4 Å². The molecule has 0 saturated heterocycles. The average molecular weight is 318 g/mol. The monoisotopic (exact) mass is 318 g/mol. The fraction of sp³-hybridized carbons (Fsp3) is 0.150. The Hall–Kier alpha value is -3.01. The fourth-order valence-electron chi connectivity index (χ4n) is 3.12. The van der Waals surface area contributed by atoms with Gasteiger partial charge < -0.3 is 14.7 Å². The second-order valence-corrected chi connectivity index (χ2v) is 5.92. The summed E-state index contributed by atoms with van der Waals surface area (Å²) in [6, 6.07) is 15.9. The summed E-state index contributed by atoms with van der Waals surface area (Å²) in [5.41, 5.74) is 3.95. The SMILES string of the molecule is Cc1c(C(=O)NCCc2c[nH]c3ccccc23)oc2ccccc12. The number of carbonyl (C=O) groups excluding carboxylic acids is 1. The van der Waals surface area contributed by atoms with Crippen molar-refractivity contribution in [3.05, 3.63) is 71.6 Å². The predicted octanol–water partition coefficient (Wildman–Crippen LogP) is 4.20. The summed E-state index contributed by atoms with van der Waals surface area (Å²) < 4.78 is 5.70. The quantitative estimate of drug-likeness (QED) is 0.592. The van der Waals surface area contributed by atoms with Gasteiger partial charge in [-0.05, 0) is 31.0 Å². The summed E-state index contributed by atoms with van der Waals surface area (Å²) in [6.45, 7) is 2.48. The Morgan fingerprint density at radius 3 is 2.67 bits per heavy atom. The number of carbonyl (C=O) groups is 1. The van der Waals surface area contributed by atoms with Gasteiger partial charge in [0.25, 0.3) is 5.91 Å². The Bertz CT molecular complexity index is 1030. The largest absolute Gasteiger partial charge is 0.451 e. The van der Waals surface area contributed by atoms with Crippen molar-refractivity contribution >= 4 is 27.8 Å². The van der Waals surface area contributed by atoms with E-state index in [-0.39, 0.29) is 5.91 Å². The van der Waals surface area contributed by atoms with E-state index in [1.165, 1.54) is 10.9 Å². The summed E-state index contributed by atoms with van der Waals surface area (Å²) in [6.07, 6.45) is 2.78. The van der Waals surface area contributed by atoms with Gasteiger partial charge in [0.05, 0.1) is 0 Å². The highest BCUT2D eigenvalue weighted by Gasteiger charge is 2.16. The van der Waals surface area contributed by atoms with E-state index in [0.717, 1.165) is 28.5 Å². The molecule has 120 valence electrons. The fourth-order valence-corrected chi connectivity index (χ4v) is 3.12. The normalized spacial score (nSPS) is 11.2. The molecule has 1 amide bonds. The van der Waals surface area contributed by atoms with Crippen molar-refractivity contribution in [3.8, 4) is 0 Å². The van der Waals surface area contributed by atoms with Crippen LogP contribution in [0.4, 0.5) is 0 Å². The highest BCUT2D eigenvalue weighted by atomic mass is 16.3. The van der Waals surface area contributed by atoms with Crippen LogP contribution in [-0.2, 0) is 6.42 Å². The van der Waals surface area contributed by atoms with Gasteiger partial charge in [-0.1, -0.05) is 36.4 Å². The van der Waals surface area contributed by atoms with Crippen LogP contribution in [0.3, 0.4) is 0 Å². The number of hydrogen-bond acceptors (Lipinski definition) is 2. The van der Waals surface area contributed by atoms with Crippen LogP contribution >= 0.6 is 0 Å². The van der Waals surface area contributed by atoms with Crippen LogP contribution in [0.15, 0.2) is 59.1 Å². The molecule has 0 radical (unpaired) electrons. The topological polar surface area (TPSA) is 58.0 Å². The number of furan rings is 1. The third-order valence-corrected chi connectivity index (χ3v) is 4.40. The minimum Gasteiger partial charge on any atom is -0.451 e. The lowest BCUT2D eigenvalue weighted by atomic mass is 10.1. The summed E-state index contributed by atoms with van der Waals surface area (Å²) >= 11 is 0. The zero-order valence-corrected chi connectivity index (χ0v) is 13.4. The number of aromatic nitrogens is 1. The van der Waals surface area contributed by atoms with Crippen molar-refractivity contribution in [1.82, 2.24) is 10.3 Å². The van der Waals surface area contributed by atoms with Gasteiger partial charge in [-0.25, -0.2) is 0 Å². The number of nitrogens with one attached hydrogen (secondary N) is 2. The van der Waals surface area contributed by atoms with Gasteiger partial charge in [0.15, 0.2) is 5.76 Å². The number of hydrogen-bond donors (Lipinski definition) is 2. The van der Waals surface area contributed by atoms with E-state index in [0.29, 0.717) is 12.3 Å². The maximum Gasteiger partial charge on any atom is 0.287 e. The Morgan fingerprint density at radius 2 is 1.83 bits per heavy atom. The zero-order valence-electron chi connectivity index (χ0n) is 13.4. The molecule has 2 aromatic heterocycles. The maximum absolute atomic E-state index is 12.4. The molecule has 0 atom stereocenters. The third-order valence-electron chi connectivity index (χ3n) is 4.40. The van der Waals surface area contributed by atoms with Gasteiger partial charge in [0.1, 0.15) is 5.58 Å². The van der Waals surface area contributed by atoms with Crippen molar-refractivity contribution < 1.29 is 9.21 Å². The molecule has 4 nitrogen and oxygen atoms in total. The van der Waals surface area contributed by atoms with Gasteiger partial charge in [0, 0.05) is 34.6 Å². The second kappa shape index (κ2) is 5.89. The molecule has 0 fully saturated rings. The first-order chi connectivity index (χ1) is 11.7. The minimum atomic E-state index is -0.163. The first-order valence-electron chi connectivity index (χ1n) is 8.05. The first kappa shape index (κ1) is 14.6. The van der Waals surface area contributed by atoms with Crippen molar-refractivity contribution in [2.45, 2.75) is 13.3 Å². The molecule has 0 aliphatic heterocycles. The molecule has 0 unspecified atom stereocenters. The smallest absolute Gasteiger partial charge is 0.287 e. The van der Waals surface area contributed by atoms with Crippen molar-refractivity contribution in [1.29, 1.82) is 0 Å². The molecule has 4 rings (SSSR count). The molecule has 0 aliphatic carbocycles. The summed E-state index contributed by atoms with van der Waals surface area (Å²) in [7, 11) is 0. The number of aryl methyl sites for hydroxylation is 1. The van der Waals surface area contributed by atoms with Gasteiger partial charge >= 0.3 is 0 Å². The van der Waals surface area contributed by atoms with E-state index >= 15 is 0 Å². The molecule has 2 heterocycles. The highest BCUT2D eigenvalue weighted by molar-refractivity contribution is 5.98. The predicted molar refractivity (Wildman–Crippen MR) is 95.3 cm³/mol. The Kier molecular flexibility index (Phi) is 3.58. The van der Waals surface area contributed by atoms with Crippen LogP contribution in [0, 0.1) is 6.92 Å². The Labute approximate surface area is 139 Å². The Morgan fingerprint density at radius 1 is 1.08 bits per heavy atom. The van der Waals surface area contributed by atoms with Crippen LogP contribution in [0.1, 0.15) is 21.7 Å². The Balaban J connectivity index is 1.47. The van der Waals surface area contributed by atoms with Crippen LogP contribution < -0.4 is 5.32 Å². The molecule has 0 spiro atoms. The van der Waals surface area contributed by atoms with Crippen LogP contribution in [0.2, 0.25) is 0 Å². The van der Waals surface area contributed by atoms with Gasteiger partial charge in [-0.2, -0.15) is 0 Å². The lowest BCUT2D eigenvalue weighted by Crippen LogP contribution is -2.25. The standard InChI is InChI=1S/C20H18N2O2/c1-13-15-6-3-5-9-18(15)24-19(13)20(23)21-11-10-14-12-22-17-8-4-2-7-16(14)17/h2-9,12,22H,10-11H2,1H3,(H,21,23). The van der Waals surface area contributed by atoms with Gasteiger partial charge in [-0.15, -0.1) is 0 Å². The maximum atomic E-state index is 12.4. The molecule has 0 saturated carbocycles. The third kappa shape index (κ3) is 2.46. The number of para-hydroxylation sites is 2. The van der Waals surface area contributed by atoms with E-state index in [2.05, 4.69) is 22.4 Å². The number of fused-ring (bicyclic) bond motifs is 2. The second-order valence-electron chi connectivity index (χ2n) is 5.92. The van der Waals surface area contributed by atoms with Crippen LogP contribution in [0.25, 0.3) is 21.9 Å². The molecule has 24 heavy (non-hydrogen) atoms. The van der Waals surface area contributed by atoms with Crippen molar-refractivity contribution in [3.63, 3.8) is 0 Å². The van der Waals surface area contributed by atoms with Crippen molar-refractivity contribution in [2.24, 2.45) is 0 Å². The lowest BCUT2D eigenvalue weighted by Gasteiger charge is -2.03. The molecule has 2 N–H and O–H groups in total. The number of rotatable bonds is 4. The molecule has 0 aliphatic rings. The van der Waals surface area contributed by atoms with Crippen molar-refractivity contribution in [2.75, 3.05) is 6.54 Å². The summed E-state index contributed by atoms with van der Waals surface area (Å²) in [5.74, 6) is 0.235. The van der Waals surface area contributed by atoms with E-state index in [1.54, 1.807) is 0 Å². The van der Waals surface area contributed by atoms with Gasteiger partial charge in [-0.3, -0.25) is 4.79 Å². The van der Waals surface area contributed by atoms with Gasteiger partial charge in [0.2, 0.25) is 0 Å². The molecule has 4 heteroatoms. The summed E-state index contributed by atoms with van der Waals surface area (Å²) in [5, 5.41) is 5.14. The summed E-state index contributed by atoms with van der Waals surface area (Å²) in [4.78, 5) is 15.7. The number of aromatic amines is 1. The molecular formula is C20H18N2O2. The molecule has 0 bridgehead atoms. The number of amides is 1. The van der Waals surface area contributed by atoms with Crippen LogP contribution in [0.5, 0.6) is 0 Å². The number of benzene rings is 2. The van der Waals surface area contributed by atoms with E-state index in [1.807, 2.05) is 49.5 Å². The highest BCUT2D eigenvalue weighted by Crippen LogP contribution is 2.24. The minimum absolute atomic E-state index is 0.163. The van der Waals surface area contributed by atoms with E-state index in [4.69, 9.17) is 4.42 Å².